The van der Waals surface area contributed by atoms with Gasteiger partial charge in [0.25, 0.3) is 5.91 Å². The highest BCUT2D eigenvalue weighted by atomic mass is 16.5. The lowest BCUT2D eigenvalue weighted by molar-refractivity contribution is -0.719. The average Bonchev–Trinajstić information content (AvgIpc) is 2.70. The molecule has 27 heavy (non-hydrogen) atoms. The van der Waals surface area contributed by atoms with E-state index in [1.807, 2.05) is 31.2 Å². The molecular weight excluding hydrogens is 336 g/mol. The summed E-state index contributed by atoms with van der Waals surface area (Å²) in [5.74, 6) is 1.32. The first-order chi connectivity index (χ1) is 12.9. The molecule has 0 unspecified atom stereocenters. The molecule has 2 atom stereocenters. The van der Waals surface area contributed by atoms with Crippen molar-refractivity contribution in [2.24, 2.45) is 5.92 Å². The van der Waals surface area contributed by atoms with E-state index in [0.717, 1.165) is 17.7 Å². The topological polar surface area (TPSA) is 54.9 Å². The molecule has 0 aliphatic rings. The van der Waals surface area contributed by atoms with E-state index in [4.69, 9.17) is 4.74 Å². The van der Waals surface area contributed by atoms with Gasteiger partial charge in [0.2, 0.25) is 0 Å². The van der Waals surface area contributed by atoms with Gasteiger partial charge >= 0.3 is 0 Å². The molecule has 2 aromatic rings. The number of amides is 1. The van der Waals surface area contributed by atoms with Crippen LogP contribution in [0.2, 0.25) is 0 Å². The average molecular weight is 370 g/mol. The van der Waals surface area contributed by atoms with Crippen molar-refractivity contribution >= 4 is 5.91 Å². The fraction of sp³-hybridized carbons (Fsp3) is 0.435. The Kier molecular flexibility index (Phi) is 7.86. The SMILES string of the molecule is CCc1ccc([C@@H]([NH2+][C@H](C)C(=O)NCc2ccc(OC)cc2)C(C)C)cc1. The quantitative estimate of drug-likeness (QED) is 0.713. The van der Waals surface area contributed by atoms with Crippen molar-refractivity contribution in [3.8, 4) is 5.75 Å². The summed E-state index contributed by atoms with van der Waals surface area (Å²) in [7, 11) is 1.65. The normalized spacial score (nSPS) is 13.3. The summed E-state index contributed by atoms with van der Waals surface area (Å²) < 4.78 is 5.16. The van der Waals surface area contributed by atoms with Crippen molar-refractivity contribution < 1.29 is 14.8 Å². The molecule has 0 aliphatic heterocycles. The summed E-state index contributed by atoms with van der Waals surface area (Å²) in [6.07, 6.45) is 1.04. The van der Waals surface area contributed by atoms with Crippen molar-refractivity contribution in [1.29, 1.82) is 0 Å². The van der Waals surface area contributed by atoms with Crippen LogP contribution in [0.1, 0.15) is 50.4 Å². The second kappa shape index (κ2) is 10.1. The Balaban J connectivity index is 1.94. The Labute approximate surface area is 163 Å². The predicted molar refractivity (Wildman–Crippen MR) is 110 cm³/mol. The Hall–Kier alpha value is -2.33. The maximum absolute atomic E-state index is 12.6. The van der Waals surface area contributed by atoms with Crippen LogP contribution >= 0.6 is 0 Å². The largest absolute Gasteiger partial charge is 0.497 e. The standard InChI is InChI=1S/C23H32N2O2/c1-6-18-7-11-20(12-8-18)22(16(2)3)25-17(4)23(26)24-15-19-9-13-21(27-5)14-10-19/h7-14,16-17,22,25H,6,15H2,1-5H3,(H,24,26)/p+1/t17-,22+/m1/s1. The van der Waals surface area contributed by atoms with Crippen molar-refractivity contribution in [2.45, 2.75) is 52.7 Å². The number of aryl methyl sites for hydroxylation is 1. The molecule has 0 aromatic heterocycles. The van der Waals surface area contributed by atoms with Gasteiger partial charge in [-0.25, -0.2) is 0 Å². The van der Waals surface area contributed by atoms with Gasteiger partial charge in [-0.05, 0) is 36.6 Å². The molecule has 0 fully saturated rings. The molecule has 4 heteroatoms. The first kappa shape index (κ1) is 21.0. The molecule has 2 aromatic carbocycles. The molecule has 1 amide bonds. The first-order valence-corrected chi connectivity index (χ1v) is 9.79. The smallest absolute Gasteiger partial charge is 0.278 e. The van der Waals surface area contributed by atoms with Gasteiger partial charge in [-0.3, -0.25) is 4.79 Å². The molecule has 0 spiro atoms. The van der Waals surface area contributed by atoms with Crippen LogP contribution in [0.15, 0.2) is 48.5 Å². The van der Waals surface area contributed by atoms with Crippen LogP contribution in [0.3, 0.4) is 0 Å². The lowest BCUT2D eigenvalue weighted by Crippen LogP contribution is -2.93. The van der Waals surface area contributed by atoms with Gasteiger partial charge in [-0.15, -0.1) is 0 Å². The molecule has 0 radical (unpaired) electrons. The van der Waals surface area contributed by atoms with Crippen LogP contribution in [-0.4, -0.2) is 19.1 Å². The second-order valence-corrected chi connectivity index (χ2v) is 7.41. The van der Waals surface area contributed by atoms with E-state index < -0.39 is 0 Å². The van der Waals surface area contributed by atoms with Gasteiger partial charge in [0.1, 0.15) is 11.8 Å². The van der Waals surface area contributed by atoms with Gasteiger partial charge in [-0.2, -0.15) is 0 Å². The highest BCUT2D eigenvalue weighted by Gasteiger charge is 2.25. The zero-order valence-electron chi connectivity index (χ0n) is 17.2. The molecule has 0 aliphatic carbocycles. The number of benzene rings is 2. The van der Waals surface area contributed by atoms with Crippen LogP contribution in [-0.2, 0) is 17.8 Å². The number of nitrogens with two attached hydrogens (primary N) is 1. The van der Waals surface area contributed by atoms with Gasteiger partial charge in [0.05, 0.1) is 7.11 Å². The third kappa shape index (κ3) is 6.10. The van der Waals surface area contributed by atoms with Gasteiger partial charge in [-0.1, -0.05) is 57.2 Å². The number of methoxy groups -OCH3 is 1. The van der Waals surface area contributed by atoms with Crippen LogP contribution in [0.4, 0.5) is 0 Å². The van der Waals surface area contributed by atoms with Gasteiger partial charge in [0, 0.05) is 18.0 Å². The fourth-order valence-electron chi connectivity index (χ4n) is 3.19. The monoisotopic (exact) mass is 369 g/mol. The minimum Gasteiger partial charge on any atom is -0.497 e. The minimum absolute atomic E-state index is 0.0571. The number of nitrogens with one attached hydrogen (secondary N) is 1. The van der Waals surface area contributed by atoms with E-state index in [-0.39, 0.29) is 18.0 Å². The molecule has 0 saturated heterocycles. The number of hydrogen-bond donors (Lipinski definition) is 2. The summed E-state index contributed by atoms with van der Waals surface area (Å²) in [5, 5.41) is 5.21. The number of ether oxygens (including phenoxy) is 1. The maximum atomic E-state index is 12.6. The third-order valence-electron chi connectivity index (χ3n) is 5.03. The fourth-order valence-corrected chi connectivity index (χ4v) is 3.19. The molecule has 0 saturated carbocycles. The Bertz CT molecular complexity index is 708. The Morgan fingerprint density at radius 3 is 2.11 bits per heavy atom. The highest BCUT2D eigenvalue weighted by molar-refractivity contribution is 5.79. The number of rotatable bonds is 9. The predicted octanol–water partition coefficient (Wildman–Crippen LogP) is 3.22. The number of carbonyl (C=O) groups excluding carboxylic acids is 1. The van der Waals surface area contributed by atoms with Crippen molar-refractivity contribution in [3.63, 3.8) is 0 Å². The van der Waals surface area contributed by atoms with E-state index in [0.29, 0.717) is 12.5 Å². The molecule has 3 N–H and O–H groups in total. The lowest BCUT2D eigenvalue weighted by Gasteiger charge is -2.23. The summed E-state index contributed by atoms with van der Waals surface area (Å²) in [6, 6.07) is 16.6. The van der Waals surface area contributed by atoms with Gasteiger partial charge in [0.15, 0.2) is 6.04 Å². The van der Waals surface area contributed by atoms with E-state index in [1.165, 1.54) is 11.1 Å². The number of carbonyl (C=O) groups is 1. The Morgan fingerprint density at radius 2 is 1.59 bits per heavy atom. The van der Waals surface area contributed by atoms with Crippen molar-refractivity contribution in [2.75, 3.05) is 7.11 Å². The zero-order chi connectivity index (χ0) is 19.8. The summed E-state index contributed by atoms with van der Waals surface area (Å²) in [5.41, 5.74) is 3.68. The number of quaternary nitrogens is 1. The molecule has 4 nitrogen and oxygen atoms in total. The summed E-state index contributed by atoms with van der Waals surface area (Å²) >= 11 is 0. The third-order valence-corrected chi connectivity index (χ3v) is 5.03. The van der Waals surface area contributed by atoms with E-state index in [9.17, 15) is 4.79 Å². The van der Waals surface area contributed by atoms with Crippen molar-refractivity contribution in [3.05, 3.63) is 65.2 Å². The molecule has 2 rings (SSSR count). The second-order valence-electron chi connectivity index (χ2n) is 7.41. The summed E-state index contributed by atoms with van der Waals surface area (Å²) in [6.45, 7) is 9.07. The molecular formula is C23H33N2O2+. The van der Waals surface area contributed by atoms with Gasteiger partial charge < -0.3 is 15.4 Å². The van der Waals surface area contributed by atoms with Crippen LogP contribution in [0.25, 0.3) is 0 Å². The minimum atomic E-state index is -0.151. The van der Waals surface area contributed by atoms with Crippen LogP contribution in [0, 0.1) is 5.92 Å². The zero-order valence-corrected chi connectivity index (χ0v) is 17.2. The highest BCUT2D eigenvalue weighted by Crippen LogP contribution is 2.18. The Morgan fingerprint density at radius 1 is 1.00 bits per heavy atom. The van der Waals surface area contributed by atoms with Crippen LogP contribution < -0.4 is 15.4 Å². The summed E-state index contributed by atoms with van der Waals surface area (Å²) in [4.78, 5) is 12.6. The lowest BCUT2D eigenvalue weighted by atomic mass is 9.94. The molecule has 146 valence electrons. The maximum Gasteiger partial charge on any atom is 0.278 e. The van der Waals surface area contributed by atoms with E-state index >= 15 is 0 Å². The molecule has 0 heterocycles. The van der Waals surface area contributed by atoms with Crippen LogP contribution in [0.5, 0.6) is 5.75 Å². The first-order valence-electron chi connectivity index (χ1n) is 9.79. The van der Waals surface area contributed by atoms with Crippen molar-refractivity contribution in [1.82, 2.24) is 5.32 Å². The molecule has 0 bridgehead atoms. The number of hydrogen-bond acceptors (Lipinski definition) is 2. The van der Waals surface area contributed by atoms with E-state index in [1.54, 1.807) is 7.11 Å². The van der Waals surface area contributed by atoms with E-state index in [2.05, 4.69) is 55.7 Å².